The van der Waals surface area contributed by atoms with E-state index in [-0.39, 0.29) is 11.8 Å². The number of ether oxygens (including phenoxy) is 1. The van der Waals surface area contributed by atoms with E-state index < -0.39 is 0 Å². The first kappa shape index (κ1) is 15.4. The van der Waals surface area contributed by atoms with Gasteiger partial charge in [-0.3, -0.25) is 0 Å². The molecule has 3 heteroatoms. The van der Waals surface area contributed by atoms with Gasteiger partial charge in [-0.05, 0) is 41.0 Å². The van der Waals surface area contributed by atoms with E-state index in [9.17, 15) is 5.11 Å². The summed E-state index contributed by atoms with van der Waals surface area (Å²) >= 11 is 0. The molecule has 0 aliphatic rings. The van der Waals surface area contributed by atoms with Crippen LogP contribution in [0.1, 0.15) is 24.1 Å². The van der Waals surface area contributed by atoms with Crippen molar-refractivity contribution in [2.75, 3.05) is 7.11 Å². The van der Waals surface area contributed by atoms with E-state index in [4.69, 9.17) is 4.74 Å². The van der Waals surface area contributed by atoms with Gasteiger partial charge in [-0.25, -0.2) is 0 Å². The van der Waals surface area contributed by atoms with Gasteiger partial charge in [-0.15, -0.1) is 0 Å². The maximum absolute atomic E-state index is 9.86. The number of phenols is 1. The van der Waals surface area contributed by atoms with E-state index in [0.29, 0.717) is 12.3 Å². The summed E-state index contributed by atoms with van der Waals surface area (Å²) in [6.07, 6.45) is 0. The zero-order valence-corrected chi connectivity index (χ0v) is 13.4. The molecular formula is C20H21NO2. The minimum atomic E-state index is 0.171. The molecule has 0 saturated carbocycles. The monoisotopic (exact) mass is 307 g/mol. The third-order valence-corrected chi connectivity index (χ3v) is 4.15. The molecule has 0 bridgehead atoms. The van der Waals surface area contributed by atoms with Crippen LogP contribution in [0.5, 0.6) is 11.5 Å². The van der Waals surface area contributed by atoms with Gasteiger partial charge >= 0.3 is 0 Å². The minimum absolute atomic E-state index is 0.171. The Morgan fingerprint density at radius 1 is 1.04 bits per heavy atom. The Morgan fingerprint density at radius 2 is 1.83 bits per heavy atom. The van der Waals surface area contributed by atoms with Crippen LogP contribution in [0.3, 0.4) is 0 Å². The van der Waals surface area contributed by atoms with Crippen molar-refractivity contribution in [1.82, 2.24) is 5.32 Å². The zero-order chi connectivity index (χ0) is 16.2. The molecule has 3 nitrogen and oxygen atoms in total. The van der Waals surface area contributed by atoms with Crippen molar-refractivity contribution in [3.05, 3.63) is 71.8 Å². The van der Waals surface area contributed by atoms with Crippen molar-refractivity contribution in [2.45, 2.75) is 19.5 Å². The van der Waals surface area contributed by atoms with Crippen LogP contribution in [0, 0.1) is 0 Å². The van der Waals surface area contributed by atoms with Crippen LogP contribution in [0.4, 0.5) is 0 Å². The molecule has 23 heavy (non-hydrogen) atoms. The SMILES string of the molecule is COc1ccc(CN[C@H](C)c2cccc3ccccc23)cc1O. The summed E-state index contributed by atoms with van der Waals surface area (Å²) in [4.78, 5) is 0. The van der Waals surface area contributed by atoms with Gasteiger partial charge in [0.25, 0.3) is 0 Å². The molecule has 0 unspecified atom stereocenters. The molecule has 0 fully saturated rings. The first-order valence-corrected chi connectivity index (χ1v) is 7.76. The molecule has 1 atom stereocenters. The lowest BCUT2D eigenvalue weighted by atomic mass is 9.99. The predicted octanol–water partition coefficient (Wildman–Crippen LogP) is 4.40. The quantitative estimate of drug-likeness (QED) is 0.734. The zero-order valence-electron chi connectivity index (χ0n) is 13.4. The van der Waals surface area contributed by atoms with Gasteiger partial charge in [0, 0.05) is 12.6 Å². The Labute approximate surface area is 136 Å². The fourth-order valence-electron chi connectivity index (χ4n) is 2.85. The van der Waals surface area contributed by atoms with Crippen molar-refractivity contribution >= 4 is 10.8 Å². The predicted molar refractivity (Wildman–Crippen MR) is 93.9 cm³/mol. The Morgan fingerprint density at radius 3 is 2.61 bits per heavy atom. The number of aromatic hydroxyl groups is 1. The largest absolute Gasteiger partial charge is 0.504 e. The molecule has 0 heterocycles. The fourth-order valence-corrected chi connectivity index (χ4v) is 2.85. The van der Waals surface area contributed by atoms with Crippen molar-refractivity contribution in [1.29, 1.82) is 0 Å². The highest BCUT2D eigenvalue weighted by Crippen LogP contribution is 2.27. The first-order chi connectivity index (χ1) is 11.2. The Bertz CT molecular complexity index is 808. The molecule has 0 amide bonds. The number of hydrogen-bond donors (Lipinski definition) is 2. The summed E-state index contributed by atoms with van der Waals surface area (Å²) in [5.74, 6) is 0.667. The highest BCUT2D eigenvalue weighted by atomic mass is 16.5. The molecule has 0 saturated heterocycles. The Kier molecular flexibility index (Phi) is 4.49. The van der Waals surface area contributed by atoms with Crippen molar-refractivity contribution in [3.63, 3.8) is 0 Å². The van der Waals surface area contributed by atoms with E-state index in [1.54, 1.807) is 19.2 Å². The molecule has 3 aromatic carbocycles. The number of rotatable bonds is 5. The van der Waals surface area contributed by atoms with Crippen LogP contribution in [0.25, 0.3) is 10.8 Å². The third kappa shape index (κ3) is 3.30. The van der Waals surface area contributed by atoms with Crippen LogP contribution >= 0.6 is 0 Å². The molecule has 0 aliphatic heterocycles. The van der Waals surface area contributed by atoms with Crippen LogP contribution in [-0.2, 0) is 6.54 Å². The van der Waals surface area contributed by atoms with Gasteiger partial charge in [-0.1, -0.05) is 48.5 Å². The number of fused-ring (bicyclic) bond motifs is 1. The molecule has 0 radical (unpaired) electrons. The fraction of sp³-hybridized carbons (Fsp3) is 0.200. The third-order valence-electron chi connectivity index (χ3n) is 4.15. The number of methoxy groups -OCH3 is 1. The van der Waals surface area contributed by atoms with E-state index in [2.05, 4.69) is 54.7 Å². The van der Waals surface area contributed by atoms with Gasteiger partial charge in [0.1, 0.15) is 0 Å². The summed E-state index contributed by atoms with van der Waals surface area (Å²) in [5, 5.41) is 15.9. The topological polar surface area (TPSA) is 41.5 Å². The molecule has 0 spiro atoms. The average molecular weight is 307 g/mol. The molecule has 118 valence electrons. The van der Waals surface area contributed by atoms with E-state index in [0.717, 1.165) is 5.56 Å². The summed E-state index contributed by atoms with van der Waals surface area (Å²) in [6, 6.07) is 20.5. The Balaban J connectivity index is 1.76. The molecule has 3 aromatic rings. The van der Waals surface area contributed by atoms with Gasteiger partial charge in [0.2, 0.25) is 0 Å². The summed E-state index contributed by atoms with van der Waals surface area (Å²) < 4.78 is 5.07. The maximum atomic E-state index is 9.86. The molecule has 0 aliphatic carbocycles. The number of hydrogen-bond acceptors (Lipinski definition) is 3. The van der Waals surface area contributed by atoms with Crippen LogP contribution in [-0.4, -0.2) is 12.2 Å². The summed E-state index contributed by atoms with van der Waals surface area (Å²) in [7, 11) is 1.55. The second-order valence-electron chi connectivity index (χ2n) is 5.68. The van der Waals surface area contributed by atoms with Gasteiger partial charge in [0.15, 0.2) is 11.5 Å². The normalized spacial score (nSPS) is 12.3. The lowest BCUT2D eigenvalue weighted by molar-refractivity contribution is 0.373. The van der Waals surface area contributed by atoms with Gasteiger partial charge in [-0.2, -0.15) is 0 Å². The molecule has 0 aromatic heterocycles. The smallest absolute Gasteiger partial charge is 0.160 e. The summed E-state index contributed by atoms with van der Waals surface area (Å²) in [5.41, 5.74) is 2.30. The number of nitrogens with one attached hydrogen (secondary N) is 1. The van der Waals surface area contributed by atoms with Crippen molar-refractivity contribution in [3.8, 4) is 11.5 Å². The van der Waals surface area contributed by atoms with E-state index >= 15 is 0 Å². The highest BCUT2D eigenvalue weighted by Gasteiger charge is 2.09. The van der Waals surface area contributed by atoms with Gasteiger partial charge in [0.05, 0.1) is 7.11 Å². The maximum Gasteiger partial charge on any atom is 0.160 e. The lowest BCUT2D eigenvalue weighted by Crippen LogP contribution is -2.18. The van der Waals surface area contributed by atoms with E-state index in [1.165, 1.54) is 16.3 Å². The standard InChI is InChI=1S/C20H21NO2/c1-14(17-9-5-7-16-6-3-4-8-18(16)17)21-13-15-10-11-20(23-2)19(22)12-15/h3-12,14,21-22H,13H2,1-2H3/t14-/m1/s1. The van der Waals surface area contributed by atoms with Crippen LogP contribution < -0.4 is 10.1 Å². The molecule has 2 N–H and O–H groups in total. The van der Waals surface area contributed by atoms with Crippen molar-refractivity contribution in [2.24, 2.45) is 0 Å². The van der Waals surface area contributed by atoms with Crippen LogP contribution in [0.15, 0.2) is 60.7 Å². The van der Waals surface area contributed by atoms with Gasteiger partial charge < -0.3 is 15.2 Å². The molecular weight excluding hydrogens is 286 g/mol. The second-order valence-corrected chi connectivity index (χ2v) is 5.68. The summed E-state index contributed by atoms with van der Waals surface area (Å²) in [6.45, 7) is 2.84. The first-order valence-electron chi connectivity index (χ1n) is 7.76. The molecule has 3 rings (SSSR count). The Hall–Kier alpha value is -2.52. The minimum Gasteiger partial charge on any atom is -0.504 e. The number of benzene rings is 3. The van der Waals surface area contributed by atoms with Crippen molar-refractivity contribution < 1.29 is 9.84 Å². The number of phenolic OH excluding ortho intramolecular Hbond substituents is 1. The lowest BCUT2D eigenvalue weighted by Gasteiger charge is -2.17. The van der Waals surface area contributed by atoms with E-state index in [1.807, 2.05) is 6.07 Å². The highest BCUT2D eigenvalue weighted by molar-refractivity contribution is 5.86. The average Bonchev–Trinajstić information content (AvgIpc) is 2.59. The van der Waals surface area contributed by atoms with Crippen LogP contribution in [0.2, 0.25) is 0 Å². The second kappa shape index (κ2) is 6.71.